The van der Waals surface area contributed by atoms with Crippen molar-refractivity contribution in [3.8, 4) is 0 Å². The molecule has 4 heterocycles. The van der Waals surface area contributed by atoms with Crippen LogP contribution in [0, 0.1) is 5.92 Å². The molecule has 0 saturated carbocycles. The highest BCUT2D eigenvalue weighted by molar-refractivity contribution is 6.32. The lowest BCUT2D eigenvalue weighted by atomic mass is 9.92. The summed E-state index contributed by atoms with van der Waals surface area (Å²) < 4.78 is 0. The molecule has 2 aliphatic rings. The van der Waals surface area contributed by atoms with Gasteiger partial charge in [-0.1, -0.05) is 23.7 Å². The predicted octanol–water partition coefficient (Wildman–Crippen LogP) is 5.99. The maximum absolute atomic E-state index is 13.2. The molecule has 1 fully saturated rings. The molecule has 0 radical (unpaired) electrons. The molecule has 0 aliphatic carbocycles. The molecule has 3 N–H and O–H groups in total. The molecule has 6 bridgehead atoms. The van der Waals surface area contributed by atoms with Crippen LogP contribution in [-0.4, -0.2) is 44.8 Å². The third kappa shape index (κ3) is 6.47. The second kappa shape index (κ2) is 11.9. The van der Waals surface area contributed by atoms with E-state index >= 15 is 0 Å². The number of anilines is 5. The highest BCUT2D eigenvalue weighted by Gasteiger charge is 2.25. The number of hydrogen-bond acceptors (Lipinski definition) is 7. The van der Waals surface area contributed by atoms with E-state index in [1.807, 2.05) is 35.2 Å². The lowest BCUT2D eigenvalue weighted by molar-refractivity contribution is -0.117. The van der Waals surface area contributed by atoms with Crippen LogP contribution in [0.5, 0.6) is 0 Å². The fraction of sp³-hybridized carbons (Fsp3) is 0.258. The average Bonchev–Trinajstić information content (AvgIpc) is 2.99. The standard InChI is InChI=1S/C31H30ClN7O2/c32-26-19-34-31-36-24-3-1-2-20(16-24)4-5-23-18-25(35-29(26)38-31)6-7-27(23)37-28(40)17-21-10-14-39(15-11-21)30(41)22-8-12-33-13-9-22/h1-3,6-9,12-13,16,18-19,21H,4-5,10-11,14-15,17H2,(H,37,40)(H2,34,35,36,38). The van der Waals surface area contributed by atoms with Gasteiger partial charge in [-0.25, -0.2) is 4.98 Å². The van der Waals surface area contributed by atoms with E-state index < -0.39 is 0 Å². The zero-order chi connectivity index (χ0) is 28.2. The second-order valence-electron chi connectivity index (χ2n) is 10.4. The molecule has 2 amide bonds. The van der Waals surface area contributed by atoms with Crippen LogP contribution in [0.15, 0.2) is 73.2 Å². The highest BCUT2D eigenvalue weighted by Crippen LogP contribution is 2.30. The zero-order valence-corrected chi connectivity index (χ0v) is 23.2. The van der Waals surface area contributed by atoms with Crippen LogP contribution < -0.4 is 16.0 Å². The molecule has 0 unspecified atom stereocenters. The maximum atomic E-state index is 13.2. The van der Waals surface area contributed by atoms with Gasteiger partial charge < -0.3 is 20.9 Å². The molecule has 1 saturated heterocycles. The number of fused-ring (bicyclic) bond motifs is 6. The van der Waals surface area contributed by atoms with Gasteiger partial charge in [0.25, 0.3) is 5.91 Å². The van der Waals surface area contributed by atoms with Gasteiger partial charge in [0.1, 0.15) is 5.02 Å². The summed E-state index contributed by atoms with van der Waals surface area (Å²) in [7, 11) is 0. The first kappa shape index (κ1) is 26.7. The minimum absolute atomic E-state index is 0.0153. The van der Waals surface area contributed by atoms with Gasteiger partial charge in [0.05, 0.1) is 6.20 Å². The smallest absolute Gasteiger partial charge is 0.253 e. The third-order valence-electron chi connectivity index (χ3n) is 7.56. The Kier molecular flexibility index (Phi) is 7.78. The van der Waals surface area contributed by atoms with Crippen LogP contribution in [0.3, 0.4) is 0 Å². The van der Waals surface area contributed by atoms with E-state index in [1.54, 1.807) is 30.7 Å². The summed E-state index contributed by atoms with van der Waals surface area (Å²) in [4.78, 5) is 40.6. The van der Waals surface area contributed by atoms with Gasteiger partial charge in [-0.3, -0.25) is 14.6 Å². The molecule has 2 aromatic carbocycles. The van der Waals surface area contributed by atoms with Gasteiger partial charge in [-0.15, -0.1) is 0 Å². The molecule has 0 atom stereocenters. The third-order valence-corrected chi connectivity index (χ3v) is 7.83. The lowest BCUT2D eigenvalue weighted by Crippen LogP contribution is -2.39. The van der Waals surface area contributed by atoms with Crippen molar-refractivity contribution in [2.45, 2.75) is 32.1 Å². The van der Waals surface area contributed by atoms with Crippen molar-refractivity contribution in [2.24, 2.45) is 5.92 Å². The minimum atomic E-state index is -0.0153. The summed E-state index contributed by atoms with van der Waals surface area (Å²) in [5, 5.41) is 10.1. The highest BCUT2D eigenvalue weighted by atomic mass is 35.5. The van der Waals surface area contributed by atoms with Gasteiger partial charge in [-0.2, -0.15) is 4.98 Å². The molecule has 41 heavy (non-hydrogen) atoms. The summed E-state index contributed by atoms with van der Waals surface area (Å²) in [6.45, 7) is 1.29. The molecule has 6 rings (SSSR count). The molecule has 10 heteroatoms. The average molecular weight is 568 g/mol. The number of benzene rings is 2. The number of hydrogen-bond donors (Lipinski definition) is 3. The molecular formula is C31H30ClN7O2. The van der Waals surface area contributed by atoms with Gasteiger partial charge in [-0.05, 0) is 85.2 Å². The van der Waals surface area contributed by atoms with E-state index in [0.717, 1.165) is 53.9 Å². The Morgan fingerprint density at radius 2 is 1.78 bits per heavy atom. The molecule has 2 aromatic heterocycles. The number of nitrogens with zero attached hydrogens (tertiary/aromatic N) is 4. The molecule has 4 aromatic rings. The van der Waals surface area contributed by atoms with E-state index in [-0.39, 0.29) is 17.7 Å². The van der Waals surface area contributed by atoms with Crippen molar-refractivity contribution in [3.63, 3.8) is 0 Å². The van der Waals surface area contributed by atoms with Crippen LogP contribution in [0.2, 0.25) is 5.02 Å². The first-order valence-corrected chi connectivity index (χ1v) is 14.2. The summed E-state index contributed by atoms with van der Waals surface area (Å²) >= 11 is 6.39. The number of rotatable bonds is 4. The predicted molar refractivity (Wildman–Crippen MR) is 160 cm³/mol. The Labute approximate surface area is 243 Å². The Bertz CT molecular complexity index is 1570. The number of carbonyl (C=O) groups excluding carboxylic acids is 2. The van der Waals surface area contributed by atoms with Crippen LogP contribution in [0.4, 0.5) is 28.8 Å². The number of likely N-dealkylation sites (tertiary alicyclic amines) is 1. The first-order chi connectivity index (χ1) is 20.0. The Hall–Kier alpha value is -4.50. The molecule has 2 aliphatic heterocycles. The van der Waals surface area contributed by atoms with Crippen molar-refractivity contribution in [2.75, 3.05) is 29.0 Å². The number of aromatic nitrogens is 3. The van der Waals surface area contributed by atoms with Gasteiger partial charge >= 0.3 is 0 Å². The van der Waals surface area contributed by atoms with Crippen molar-refractivity contribution in [1.82, 2.24) is 19.9 Å². The normalized spacial score (nSPS) is 14.9. The molecule has 9 nitrogen and oxygen atoms in total. The number of piperidine rings is 1. The van der Waals surface area contributed by atoms with E-state index in [4.69, 9.17) is 11.6 Å². The Morgan fingerprint density at radius 1 is 0.976 bits per heavy atom. The van der Waals surface area contributed by atoms with Gasteiger partial charge in [0.2, 0.25) is 11.9 Å². The van der Waals surface area contributed by atoms with Crippen LogP contribution in [0.25, 0.3) is 0 Å². The summed E-state index contributed by atoms with van der Waals surface area (Å²) in [5.74, 6) is 1.18. The number of pyridine rings is 1. The summed E-state index contributed by atoms with van der Waals surface area (Å²) in [5.41, 5.74) is 5.33. The largest absolute Gasteiger partial charge is 0.339 e. The fourth-order valence-corrected chi connectivity index (χ4v) is 5.48. The van der Waals surface area contributed by atoms with E-state index in [9.17, 15) is 9.59 Å². The first-order valence-electron chi connectivity index (χ1n) is 13.8. The van der Waals surface area contributed by atoms with E-state index in [1.165, 1.54) is 0 Å². The van der Waals surface area contributed by atoms with Gasteiger partial charge in [0.15, 0.2) is 5.82 Å². The number of carbonyl (C=O) groups is 2. The lowest BCUT2D eigenvalue weighted by Gasteiger charge is -2.31. The van der Waals surface area contributed by atoms with E-state index in [2.05, 4.69) is 43.0 Å². The summed E-state index contributed by atoms with van der Waals surface area (Å²) in [6.07, 6.45) is 8.38. The Morgan fingerprint density at radius 3 is 2.61 bits per heavy atom. The summed E-state index contributed by atoms with van der Waals surface area (Å²) in [6, 6.07) is 17.5. The number of halogens is 1. The SMILES string of the molecule is O=C(CC1CCN(C(=O)c2ccncc2)CC1)Nc1ccc2cc1CCc1cccc(c1)Nc1ncc(Cl)c(n1)N2. The quantitative estimate of drug-likeness (QED) is 0.277. The molecule has 0 spiro atoms. The maximum Gasteiger partial charge on any atom is 0.253 e. The van der Waals surface area contributed by atoms with Crippen LogP contribution >= 0.6 is 11.6 Å². The van der Waals surface area contributed by atoms with Crippen LogP contribution in [-0.2, 0) is 17.6 Å². The number of nitrogens with one attached hydrogen (secondary N) is 3. The van der Waals surface area contributed by atoms with Crippen LogP contribution in [0.1, 0.15) is 40.7 Å². The zero-order valence-electron chi connectivity index (χ0n) is 22.4. The topological polar surface area (TPSA) is 112 Å². The Balaban J connectivity index is 1.14. The van der Waals surface area contributed by atoms with E-state index in [0.29, 0.717) is 41.9 Å². The number of amides is 2. The molecular weight excluding hydrogens is 538 g/mol. The van der Waals surface area contributed by atoms with Crippen molar-refractivity contribution >= 4 is 52.2 Å². The van der Waals surface area contributed by atoms with Crippen molar-refractivity contribution in [3.05, 3.63) is 94.9 Å². The fourth-order valence-electron chi connectivity index (χ4n) is 5.35. The minimum Gasteiger partial charge on any atom is -0.339 e. The van der Waals surface area contributed by atoms with Gasteiger partial charge in [0, 0.05) is 54.5 Å². The van der Waals surface area contributed by atoms with Crippen molar-refractivity contribution in [1.29, 1.82) is 0 Å². The van der Waals surface area contributed by atoms with Crippen molar-refractivity contribution < 1.29 is 9.59 Å². The number of aryl methyl sites for hydroxylation is 2. The molecule has 208 valence electrons. The monoisotopic (exact) mass is 567 g/mol. The second-order valence-corrected chi connectivity index (χ2v) is 10.8.